The first-order chi connectivity index (χ1) is 39.6. The molecule has 1 N–H and O–H groups in total. The first-order valence-electron chi connectivity index (χ1n) is 32.3. The number of carbonyl (C=O) groups is 3. The van der Waals surface area contributed by atoms with E-state index in [0.717, 1.165) is 109 Å². The maximum Gasteiger partial charge on any atom is 0.361 e. The summed E-state index contributed by atoms with van der Waals surface area (Å²) in [6.07, 6.45) is 85.4. The molecule has 2 unspecified atom stereocenters. The Hall–Kier alpha value is -4.57. The van der Waals surface area contributed by atoms with Crippen LogP contribution in [0.5, 0.6) is 0 Å². The van der Waals surface area contributed by atoms with Crippen molar-refractivity contribution in [3.8, 4) is 0 Å². The highest BCUT2D eigenvalue weighted by Crippen LogP contribution is 2.15. The number of carboxylic acids is 1. The number of esters is 2. The Morgan fingerprint density at radius 2 is 0.704 bits per heavy atom. The Kier molecular flexibility index (Phi) is 58.0. The van der Waals surface area contributed by atoms with Crippen LogP contribution in [0.3, 0.4) is 0 Å². The SMILES string of the molecule is CC/C=C\C/C=C\C/C=C\C/C=C\C/C=C\C/C=C\C/C=C\C/C=C\CCCCCCC(=O)OC(COC(=O)CCCCCCCCCCCCCC/C=C\C/C=C\C/C=C\CCCCCCC)COC(OCC[N+](C)(C)C)C(=O)O. The quantitative estimate of drug-likeness (QED) is 0.0211. The number of likely N-dealkylation sites (N-methyl/N-ethyl adjacent to an activating group) is 1. The molecule has 0 aromatic carbocycles. The second kappa shape index (κ2) is 61.5. The van der Waals surface area contributed by atoms with E-state index < -0.39 is 24.3 Å². The van der Waals surface area contributed by atoms with Crippen molar-refractivity contribution in [1.29, 1.82) is 0 Å². The minimum Gasteiger partial charge on any atom is -0.477 e. The Labute approximate surface area is 497 Å². The first-order valence-corrected chi connectivity index (χ1v) is 32.3. The standard InChI is InChI=1S/C72H119NO8/c1-6-8-10-12-14-16-18-20-22-24-26-28-30-32-34-35-37-39-41-43-45-47-49-51-53-55-57-59-61-63-70(75)81-68(67-80-72(71(76)77)78-65-64-73(3,4)5)66-79-69(74)62-60-58-56-54-52-50-48-46-44-42-40-38-36-33-31-29-27-25-23-21-19-17-15-13-11-9-7-2/h8,10,14,16,19-22,25-28,31-34,37,39,43,45,49,51,68,72H,6-7,9,11-13,15,17-18,23-24,29-30,35-36,38,40-42,44,46-48,50,52-67H2,1-5H3/p+1/b10-8-,16-14-,21-19-,22-20-,27-25-,28-26-,33-31-,34-32-,39-37-,45-43-,51-49-. The number of unbranched alkanes of at least 4 members (excludes halogenated alkanes) is 21. The molecule has 0 aliphatic carbocycles. The average Bonchev–Trinajstić information content (AvgIpc) is 3.44. The zero-order chi connectivity index (χ0) is 59.1. The van der Waals surface area contributed by atoms with Crippen LogP contribution in [0.15, 0.2) is 134 Å². The predicted molar refractivity (Wildman–Crippen MR) is 345 cm³/mol. The molecule has 0 aliphatic rings. The van der Waals surface area contributed by atoms with Crippen molar-refractivity contribution in [2.45, 2.75) is 257 Å². The van der Waals surface area contributed by atoms with Gasteiger partial charge in [0.1, 0.15) is 13.2 Å². The van der Waals surface area contributed by atoms with Crippen LogP contribution in [0, 0.1) is 0 Å². The Morgan fingerprint density at radius 3 is 1.05 bits per heavy atom. The number of ether oxygens (including phenoxy) is 4. The number of nitrogens with zero attached hydrogens (tertiary/aromatic N) is 1. The minimum absolute atomic E-state index is 0.175. The number of quaternary nitrogens is 1. The lowest BCUT2D eigenvalue weighted by atomic mass is 10.0. The Bertz CT molecular complexity index is 1790. The maximum absolute atomic E-state index is 12.9. The van der Waals surface area contributed by atoms with E-state index >= 15 is 0 Å². The van der Waals surface area contributed by atoms with Gasteiger partial charge in [0.25, 0.3) is 6.29 Å². The highest BCUT2D eigenvalue weighted by Gasteiger charge is 2.25. The van der Waals surface area contributed by atoms with Crippen LogP contribution in [0.4, 0.5) is 0 Å². The normalized spacial score (nSPS) is 13.6. The van der Waals surface area contributed by atoms with E-state index in [1.54, 1.807) is 0 Å². The number of aliphatic carboxylic acids is 1. The van der Waals surface area contributed by atoms with Crippen LogP contribution in [0.1, 0.15) is 245 Å². The lowest BCUT2D eigenvalue weighted by Crippen LogP contribution is -2.40. The van der Waals surface area contributed by atoms with E-state index in [4.69, 9.17) is 18.9 Å². The number of rotatable bonds is 58. The molecule has 0 amide bonds. The Morgan fingerprint density at radius 1 is 0.383 bits per heavy atom. The fraction of sp³-hybridized carbons (Fsp3) is 0.653. The molecule has 0 aromatic heterocycles. The lowest BCUT2D eigenvalue weighted by Gasteiger charge is -2.25. The summed E-state index contributed by atoms with van der Waals surface area (Å²) in [4.78, 5) is 37.6. The van der Waals surface area contributed by atoms with E-state index in [9.17, 15) is 19.5 Å². The summed E-state index contributed by atoms with van der Waals surface area (Å²) < 4.78 is 22.9. The molecule has 2 atom stereocenters. The summed E-state index contributed by atoms with van der Waals surface area (Å²) in [6, 6.07) is 0. The van der Waals surface area contributed by atoms with Crippen molar-refractivity contribution >= 4 is 17.9 Å². The molecule has 9 nitrogen and oxygen atoms in total. The van der Waals surface area contributed by atoms with Crippen LogP contribution < -0.4 is 0 Å². The summed E-state index contributed by atoms with van der Waals surface area (Å²) in [7, 11) is 5.95. The third-order valence-electron chi connectivity index (χ3n) is 13.4. The molecule has 9 heteroatoms. The topological polar surface area (TPSA) is 108 Å². The summed E-state index contributed by atoms with van der Waals surface area (Å²) in [6.45, 7) is 4.71. The van der Waals surface area contributed by atoms with Gasteiger partial charge in [-0.25, -0.2) is 4.79 Å². The lowest BCUT2D eigenvalue weighted by molar-refractivity contribution is -0.870. The molecule has 0 radical (unpaired) electrons. The summed E-state index contributed by atoms with van der Waals surface area (Å²) in [5.74, 6) is -2.05. The van der Waals surface area contributed by atoms with E-state index in [1.165, 1.54) is 103 Å². The van der Waals surface area contributed by atoms with Gasteiger partial charge in [0.05, 0.1) is 34.4 Å². The van der Waals surface area contributed by atoms with E-state index in [0.29, 0.717) is 17.4 Å². The molecular formula is C72H120NO8+. The summed E-state index contributed by atoms with van der Waals surface area (Å²) in [5.41, 5.74) is 0. The molecular weight excluding hydrogens is 1010 g/mol. The number of hydrogen-bond acceptors (Lipinski definition) is 7. The fourth-order valence-corrected chi connectivity index (χ4v) is 8.45. The molecule has 0 spiro atoms. The van der Waals surface area contributed by atoms with Gasteiger partial charge in [0.15, 0.2) is 6.10 Å². The van der Waals surface area contributed by atoms with Gasteiger partial charge in [0, 0.05) is 12.8 Å². The van der Waals surface area contributed by atoms with Gasteiger partial charge in [-0.2, -0.15) is 0 Å². The van der Waals surface area contributed by atoms with Crippen LogP contribution in [-0.2, 0) is 33.3 Å². The van der Waals surface area contributed by atoms with Crippen LogP contribution >= 0.6 is 0 Å². The minimum atomic E-state index is -1.53. The molecule has 0 bridgehead atoms. The van der Waals surface area contributed by atoms with Gasteiger partial charge < -0.3 is 28.5 Å². The zero-order valence-electron chi connectivity index (χ0n) is 52.4. The van der Waals surface area contributed by atoms with Crippen LogP contribution in [0.2, 0.25) is 0 Å². The van der Waals surface area contributed by atoms with E-state index in [2.05, 4.69) is 148 Å². The monoisotopic (exact) mass is 1130 g/mol. The van der Waals surface area contributed by atoms with Gasteiger partial charge >= 0.3 is 17.9 Å². The third kappa shape index (κ3) is 62.9. The molecule has 0 fully saturated rings. The molecule has 0 saturated heterocycles. The van der Waals surface area contributed by atoms with Crippen molar-refractivity contribution < 1.29 is 42.9 Å². The first kappa shape index (κ1) is 76.4. The number of allylic oxidation sites excluding steroid dienone is 22. The molecule has 0 saturated carbocycles. The molecule has 0 aromatic rings. The smallest absolute Gasteiger partial charge is 0.361 e. The molecule has 0 rings (SSSR count). The van der Waals surface area contributed by atoms with Gasteiger partial charge in [-0.15, -0.1) is 0 Å². The van der Waals surface area contributed by atoms with Crippen molar-refractivity contribution in [3.63, 3.8) is 0 Å². The van der Waals surface area contributed by atoms with Gasteiger partial charge in [0.2, 0.25) is 0 Å². The zero-order valence-corrected chi connectivity index (χ0v) is 52.4. The van der Waals surface area contributed by atoms with Gasteiger partial charge in [-0.3, -0.25) is 9.59 Å². The number of carboxylic acid groups (broad SMARTS) is 1. The molecule has 81 heavy (non-hydrogen) atoms. The van der Waals surface area contributed by atoms with Gasteiger partial charge in [-0.1, -0.05) is 250 Å². The van der Waals surface area contributed by atoms with Crippen molar-refractivity contribution in [2.75, 3.05) is 47.5 Å². The highest BCUT2D eigenvalue weighted by atomic mass is 16.7. The predicted octanol–water partition coefficient (Wildman–Crippen LogP) is 19.8. The van der Waals surface area contributed by atoms with Gasteiger partial charge in [-0.05, 0) is 116 Å². The second-order valence-electron chi connectivity index (χ2n) is 22.3. The average molecular weight is 1130 g/mol. The van der Waals surface area contributed by atoms with Crippen LogP contribution in [0.25, 0.3) is 0 Å². The van der Waals surface area contributed by atoms with Crippen molar-refractivity contribution in [3.05, 3.63) is 134 Å². The van der Waals surface area contributed by atoms with E-state index in [-0.39, 0.29) is 38.6 Å². The largest absolute Gasteiger partial charge is 0.477 e. The third-order valence-corrected chi connectivity index (χ3v) is 13.4. The number of hydrogen-bond donors (Lipinski definition) is 1. The number of carbonyl (C=O) groups excluding carboxylic acids is 2. The molecule has 0 heterocycles. The summed E-state index contributed by atoms with van der Waals surface area (Å²) >= 11 is 0. The maximum atomic E-state index is 12.9. The summed E-state index contributed by atoms with van der Waals surface area (Å²) in [5, 5.41) is 9.73. The molecule has 0 aliphatic heterocycles. The second-order valence-corrected chi connectivity index (χ2v) is 22.3. The van der Waals surface area contributed by atoms with Crippen molar-refractivity contribution in [1.82, 2.24) is 0 Å². The fourth-order valence-electron chi connectivity index (χ4n) is 8.45. The van der Waals surface area contributed by atoms with Crippen molar-refractivity contribution in [2.24, 2.45) is 0 Å². The van der Waals surface area contributed by atoms with Crippen LogP contribution in [-0.4, -0.2) is 87.4 Å². The molecule has 460 valence electrons. The van der Waals surface area contributed by atoms with E-state index in [1.807, 2.05) is 21.1 Å². The highest BCUT2D eigenvalue weighted by molar-refractivity contribution is 5.71. The Balaban J connectivity index is 4.29.